The highest BCUT2D eigenvalue weighted by Crippen LogP contribution is 2.28. The summed E-state index contributed by atoms with van der Waals surface area (Å²) in [5.41, 5.74) is 6.12. The molecule has 6 heteroatoms. The summed E-state index contributed by atoms with van der Waals surface area (Å²) in [5, 5.41) is 0.569. The van der Waals surface area contributed by atoms with Crippen molar-refractivity contribution in [2.45, 2.75) is 13.3 Å². The second kappa shape index (κ2) is 4.81. The molecule has 3 nitrogen and oxygen atoms in total. The molecule has 2 rings (SSSR count). The smallest absolute Gasteiger partial charge is 0.224 e. The lowest BCUT2D eigenvalue weighted by Crippen LogP contribution is -2.13. The highest BCUT2D eigenvalue weighted by molar-refractivity contribution is 7.12. The van der Waals surface area contributed by atoms with Gasteiger partial charge >= 0.3 is 0 Å². The number of nitrogens with two attached hydrogens (primary N) is 1. The molecule has 0 saturated carbocycles. The van der Waals surface area contributed by atoms with Gasteiger partial charge in [0.25, 0.3) is 0 Å². The van der Waals surface area contributed by atoms with Gasteiger partial charge in [-0.05, 0) is 25.1 Å². The standard InChI is InChI=1S/C12H10F2N2OS/c1-6-12(16-11(18-6)5-10(15)17)7-2-3-8(13)9(14)4-7/h2-4H,5H2,1H3,(H2,15,17). The number of thiazole rings is 1. The molecule has 94 valence electrons. The fourth-order valence-electron chi connectivity index (χ4n) is 1.59. The number of primary amides is 1. The van der Waals surface area contributed by atoms with Crippen molar-refractivity contribution < 1.29 is 13.6 Å². The molecule has 2 aromatic rings. The van der Waals surface area contributed by atoms with Crippen LogP contribution >= 0.6 is 11.3 Å². The van der Waals surface area contributed by atoms with Crippen LogP contribution in [0.1, 0.15) is 9.88 Å². The number of halogens is 2. The Morgan fingerprint density at radius 2 is 2.11 bits per heavy atom. The maximum absolute atomic E-state index is 13.1. The van der Waals surface area contributed by atoms with Crippen LogP contribution in [0.3, 0.4) is 0 Å². The van der Waals surface area contributed by atoms with Crippen LogP contribution in [0.2, 0.25) is 0 Å². The quantitative estimate of drug-likeness (QED) is 0.929. The van der Waals surface area contributed by atoms with E-state index in [1.165, 1.54) is 17.4 Å². The van der Waals surface area contributed by atoms with E-state index in [2.05, 4.69) is 4.98 Å². The first-order chi connectivity index (χ1) is 8.47. The van der Waals surface area contributed by atoms with Crippen molar-refractivity contribution in [2.24, 2.45) is 5.73 Å². The Bertz CT molecular complexity index is 610. The first kappa shape index (κ1) is 12.6. The molecule has 0 radical (unpaired) electrons. The zero-order valence-corrected chi connectivity index (χ0v) is 10.4. The molecule has 1 aromatic heterocycles. The number of rotatable bonds is 3. The van der Waals surface area contributed by atoms with Gasteiger partial charge in [-0.25, -0.2) is 13.8 Å². The molecular weight excluding hydrogens is 258 g/mol. The van der Waals surface area contributed by atoms with E-state index < -0.39 is 17.5 Å². The number of nitrogens with zero attached hydrogens (tertiary/aromatic N) is 1. The average molecular weight is 268 g/mol. The highest BCUT2D eigenvalue weighted by Gasteiger charge is 2.13. The molecule has 0 aliphatic rings. The van der Waals surface area contributed by atoms with Crippen LogP contribution in [0.15, 0.2) is 18.2 Å². The Labute approximate surface area is 106 Å². The lowest BCUT2D eigenvalue weighted by Gasteiger charge is -1.99. The Morgan fingerprint density at radius 3 is 2.72 bits per heavy atom. The normalized spacial score (nSPS) is 10.6. The summed E-state index contributed by atoms with van der Waals surface area (Å²) in [7, 11) is 0. The fourth-order valence-corrected chi connectivity index (χ4v) is 2.55. The molecule has 0 aliphatic carbocycles. The van der Waals surface area contributed by atoms with E-state index in [4.69, 9.17) is 5.73 Å². The number of hydrogen-bond acceptors (Lipinski definition) is 3. The van der Waals surface area contributed by atoms with E-state index in [0.29, 0.717) is 16.3 Å². The van der Waals surface area contributed by atoms with Gasteiger partial charge in [0.1, 0.15) is 5.01 Å². The summed E-state index contributed by atoms with van der Waals surface area (Å²) in [6.45, 7) is 1.80. The van der Waals surface area contributed by atoms with Crippen LogP contribution in [0.5, 0.6) is 0 Å². The van der Waals surface area contributed by atoms with Crippen LogP contribution in [0, 0.1) is 18.6 Å². The third-order valence-corrected chi connectivity index (χ3v) is 3.33. The van der Waals surface area contributed by atoms with E-state index in [1.54, 1.807) is 6.92 Å². The first-order valence-electron chi connectivity index (χ1n) is 5.17. The monoisotopic (exact) mass is 268 g/mol. The second-order valence-corrected chi connectivity index (χ2v) is 5.07. The molecule has 0 saturated heterocycles. The van der Waals surface area contributed by atoms with Crippen molar-refractivity contribution in [3.8, 4) is 11.3 Å². The fraction of sp³-hybridized carbons (Fsp3) is 0.167. The Hall–Kier alpha value is -1.82. The maximum atomic E-state index is 13.1. The molecular formula is C12H10F2N2OS. The number of carbonyl (C=O) groups is 1. The molecule has 2 N–H and O–H groups in total. The van der Waals surface area contributed by atoms with Crippen molar-refractivity contribution in [1.29, 1.82) is 0 Å². The number of amides is 1. The van der Waals surface area contributed by atoms with Crippen LogP contribution in [-0.4, -0.2) is 10.9 Å². The van der Waals surface area contributed by atoms with Gasteiger partial charge in [-0.1, -0.05) is 0 Å². The lowest BCUT2D eigenvalue weighted by atomic mass is 10.1. The van der Waals surface area contributed by atoms with Crippen molar-refractivity contribution >= 4 is 17.2 Å². The summed E-state index contributed by atoms with van der Waals surface area (Å²) in [6, 6.07) is 3.59. The molecule has 1 amide bonds. The molecule has 0 spiro atoms. The molecule has 1 heterocycles. The molecule has 0 unspecified atom stereocenters. The largest absolute Gasteiger partial charge is 0.369 e. The molecule has 0 atom stereocenters. The minimum absolute atomic E-state index is 0.0508. The summed E-state index contributed by atoms with van der Waals surface area (Å²) in [4.78, 5) is 15.9. The zero-order valence-electron chi connectivity index (χ0n) is 9.54. The van der Waals surface area contributed by atoms with Gasteiger partial charge in [-0.3, -0.25) is 4.79 Å². The molecule has 18 heavy (non-hydrogen) atoms. The minimum atomic E-state index is -0.920. The van der Waals surface area contributed by atoms with E-state index in [9.17, 15) is 13.6 Å². The van der Waals surface area contributed by atoms with Gasteiger partial charge in [0.15, 0.2) is 11.6 Å². The Morgan fingerprint density at radius 1 is 1.39 bits per heavy atom. The SMILES string of the molecule is Cc1sc(CC(N)=O)nc1-c1ccc(F)c(F)c1. The van der Waals surface area contributed by atoms with Gasteiger partial charge in [-0.15, -0.1) is 11.3 Å². The molecule has 0 bridgehead atoms. The van der Waals surface area contributed by atoms with Crippen LogP contribution in [-0.2, 0) is 11.2 Å². The number of aryl methyl sites for hydroxylation is 1. The molecule has 0 aliphatic heterocycles. The van der Waals surface area contributed by atoms with Crippen molar-refractivity contribution in [3.63, 3.8) is 0 Å². The predicted octanol–water partition coefficient (Wildman–Crippen LogP) is 2.42. The summed E-state index contributed by atoms with van der Waals surface area (Å²) in [6.07, 6.45) is 0.0508. The number of carbonyl (C=O) groups excluding carboxylic acids is 1. The predicted molar refractivity (Wildman–Crippen MR) is 65.1 cm³/mol. The third kappa shape index (κ3) is 2.53. The van der Waals surface area contributed by atoms with E-state index in [1.807, 2.05) is 0 Å². The maximum Gasteiger partial charge on any atom is 0.224 e. The Balaban J connectivity index is 2.41. The second-order valence-electron chi connectivity index (χ2n) is 3.78. The summed E-state index contributed by atoms with van der Waals surface area (Å²) in [5.74, 6) is -2.29. The first-order valence-corrected chi connectivity index (χ1v) is 5.99. The molecule has 0 fully saturated rings. The van der Waals surface area contributed by atoms with Crippen molar-refractivity contribution in [1.82, 2.24) is 4.98 Å². The number of benzene rings is 1. The van der Waals surface area contributed by atoms with Gasteiger partial charge < -0.3 is 5.73 Å². The molecule has 1 aromatic carbocycles. The topological polar surface area (TPSA) is 56.0 Å². The van der Waals surface area contributed by atoms with Gasteiger partial charge in [0.2, 0.25) is 5.91 Å². The van der Waals surface area contributed by atoms with Crippen molar-refractivity contribution in [3.05, 3.63) is 39.7 Å². The summed E-state index contributed by atoms with van der Waals surface area (Å²) >= 11 is 1.32. The van der Waals surface area contributed by atoms with E-state index in [0.717, 1.165) is 17.0 Å². The zero-order chi connectivity index (χ0) is 13.3. The van der Waals surface area contributed by atoms with Gasteiger partial charge in [0.05, 0.1) is 12.1 Å². The minimum Gasteiger partial charge on any atom is -0.369 e. The van der Waals surface area contributed by atoms with Gasteiger partial charge in [0, 0.05) is 10.4 Å². The van der Waals surface area contributed by atoms with E-state index >= 15 is 0 Å². The van der Waals surface area contributed by atoms with Crippen molar-refractivity contribution in [2.75, 3.05) is 0 Å². The van der Waals surface area contributed by atoms with Crippen LogP contribution < -0.4 is 5.73 Å². The van der Waals surface area contributed by atoms with Crippen LogP contribution in [0.4, 0.5) is 8.78 Å². The third-order valence-electron chi connectivity index (χ3n) is 2.36. The Kier molecular flexibility index (Phi) is 3.38. The van der Waals surface area contributed by atoms with Crippen LogP contribution in [0.25, 0.3) is 11.3 Å². The summed E-state index contributed by atoms with van der Waals surface area (Å²) < 4.78 is 26.0. The van der Waals surface area contributed by atoms with Gasteiger partial charge in [-0.2, -0.15) is 0 Å². The average Bonchev–Trinajstić information content (AvgIpc) is 2.62. The lowest BCUT2D eigenvalue weighted by molar-refractivity contribution is -0.117. The van der Waals surface area contributed by atoms with E-state index in [-0.39, 0.29) is 6.42 Å². The number of hydrogen-bond donors (Lipinski definition) is 1. The number of aromatic nitrogens is 1. The highest BCUT2D eigenvalue weighted by atomic mass is 32.1.